The molecule has 0 spiro atoms. The Morgan fingerprint density at radius 2 is 0.957 bits per heavy atom. The fourth-order valence-corrected chi connectivity index (χ4v) is 7.10. The summed E-state index contributed by atoms with van der Waals surface area (Å²) in [7, 11) is 0. The van der Waals surface area contributed by atoms with Crippen molar-refractivity contribution in [1.82, 2.24) is 0 Å². The highest BCUT2D eigenvalue weighted by molar-refractivity contribution is 8.09. The lowest BCUT2D eigenvalue weighted by Gasteiger charge is -2.44. The molecule has 0 N–H and O–H groups in total. The molecule has 0 saturated carbocycles. The first-order valence-electron chi connectivity index (χ1n) is 8.48. The molecule has 122 valence electrons. The van der Waals surface area contributed by atoms with Crippen molar-refractivity contribution in [2.45, 2.75) is 51.0 Å². The average molecular weight is 325 g/mol. The van der Waals surface area contributed by atoms with Gasteiger partial charge in [0, 0.05) is 4.75 Å². The lowest BCUT2D eigenvalue weighted by atomic mass is 9.58. The van der Waals surface area contributed by atoms with E-state index >= 15 is 0 Å². The summed E-state index contributed by atoms with van der Waals surface area (Å²) in [5.74, 6) is 0. The molecule has 23 heavy (non-hydrogen) atoms. The maximum absolute atomic E-state index is 2.40. The third-order valence-corrected chi connectivity index (χ3v) is 7.95. The van der Waals surface area contributed by atoms with Gasteiger partial charge in [-0.05, 0) is 22.0 Å². The molecule has 0 unspecified atom stereocenters. The molecular weight excluding hydrogens is 296 g/mol. The topological polar surface area (TPSA) is 0 Å². The van der Waals surface area contributed by atoms with Crippen LogP contribution in [0.4, 0.5) is 0 Å². The molecule has 2 aromatic rings. The average Bonchev–Trinajstić information content (AvgIpc) is 3.22. The molecule has 0 radical (unpaired) electrons. The van der Waals surface area contributed by atoms with Gasteiger partial charge in [0.05, 0.1) is 4.75 Å². The molecule has 1 saturated heterocycles. The van der Waals surface area contributed by atoms with E-state index in [1.165, 1.54) is 11.1 Å². The Balaban J connectivity index is 2.29. The molecule has 0 aromatic heterocycles. The fraction of sp³-hybridized carbons (Fsp3) is 0.455. The van der Waals surface area contributed by atoms with Gasteiger partial charge in [0.1, 0.15) is 0 Å². The van der Waals surface area contributed by atoms with Crippen molar-refractivity contribution in [3.8, 4) is 0 Å². The van der Waals surface area contributed by atoms with Crippen molar-refractivity contribution < 1.29 is 0 Å². The van der Waals surface area contributed by atoms with Gasteiger partial charge in [-0.25, -0.2) is 0 Å². The van der Waals surface area contributed by atoms with Crippen LogP contribution in [0, 0.1) is 10.8 Å². The lowest BCUT2D eigenvalue weighted by molar-refractivity contribution is 0.151. The van der Waals surface area contributed by atoms with Gasteiger partial charge < -0.3 is 0 Å². The minimum absolute atomic E-state index is 0.0337. The summed E-state index contributed by atoms with van der Waals surface area (Å²) in [6.45, 7) is 14.4. The smallest absolute Gasteiger partial charge is 0.0820 e. The maximum atomic E-state index is 2.40. The summed E-state index contributed by atoms with van der Waals surface area (Å²) >= 11 is 2.15. The standard InChI is InChI=1S/C22H28S/c1-19(2,3)22(20(4,5)6)21(23-22,17-13-9-7-10-14-17)18-15-11-8-12-16-18/h7-16H,1-6H3. The third-order valence-electron chi connectivity index (χ3n) is 5.23. The van der Waals surface area contributed by atoms with Crippen LogP contribution in [-0.2, 0) is 4.75 Å². The van der Waals surface area contributed by atoms with E-state index in [1.807, 2.05) is 0 Å². The lowest BCUT2D eigenvalue weighted by Crippen LogP contribution is -2.47. The molecule has 0 nitrogen and oxygen atoms in total. The Morgan fingerprint density at radius 1 is 0.609 bits per heavy atom. The van der Waals surface area contributed by atoms with E-state index in [4.69, 9.17) is 0 Å². The molecule has 2 aromatic carbocycles. The summed E-state index contributed by atoms with van der Waals surface area (Å²) in [6.07, 6.45) is 0. The Hall–Kier alpha value is -1.21. The van der Waals surface area contributed by atoms with Crippen LogP contribution in [0.5, 0.6) is 0 Å². The van der Waals surface area contributed by atoms with E-state index in [2.05, 4.69) is 114 Å². The summed E-state index contributed by atoms with van der Waals surface area (Å²) in [4.78, 5) is 0. The number of benzene rings is 2. The van der Waals surface area contributed by atoms with E-state index in [-0.39, 0.29) is 20.3 Å². The minimum atomic E-state index is 0.0337. The highest BCUT2D eigenvalue weighted by atomic mass is 32.2. The van der Waals surface area contributed by atoms with Crippen molar-refractivity contribution in [3.05, 3.63) is 71.8 Å². The van der Waals surface area contributed by atoms with Crippen LogP contribution in [-0.4, -0.2) is 4.75 Å². The highest BCUT2D eigenvalue weighted by Gasteiger charge is 2.78. The predicted molar refractivity (Wildman–Crippen MR) is 103 cm³/mol. The first kappa shape index (κ1) is 16.6. The van der Waals surface area contributed by atoms with Crippen molar-refractivity contribution >= 4 is 11.8 Å². The van der Waals surface area contributed by atoms with Crippen LogP contribution >= 0.6 is 11.8 Å². The second kappa shape index (κ2) is 5.14. The second-order valence-corrected chi connectivity index (χ2v) is 10.1. The fourth-order valence-electron chi connectivity index (χ4n) is 4.73. The number of hydrogen-bond donors (Lipinski definition) is 0. The Labute approximate surface area is 145 Å². The van der Waals surface area contributed by atoms with Crippen LogP contribution in [0.1, 0.15) is 52.7 Å². The summed E-state index contributed by atoms with van der Waals surface area (Å²) in [5, 5.41) is 0. The van der Waals surface area contributed by atoms with Gasteiger partial charge in [0.15, 0.2) is 0 Å². The van der Waals surface area contributed by atoms with E-state index in [9.17, 15) is 0 Å². The van der Waals surface area contributed by atoms with Crippen LogP contribution in [0.15, 0.2) is 60.7 Å². The second-order valence-electron chi connectivity index (χ2n) is 8.70. The molecule has 0 atom stereocenters. The monoisotopic (exact) mass is 324 g/mol. The molecule has 0 amide bonds. The maximum Gasteiger partial charge on any atom is 0.0820 e. The summed E-state index contributed by atoms with van der Waals surface area (Å²) in [5.41, 5.74) is 3.26. The molecule has 3 rings (SSSR count). The van der Waals surface area contributed by atoms with Gasteiger partial charge in [-0.2, -0.15) is 0 Å². The predicted octanol–water partition coefficient (Wildman–Crippen LogP) is 6.51. The van der Waals surface area contributed by atoms with Gasteiger partial charge in [-0.1, -0.05) is 102 Å². The van der Waals surface area contributed by atoms with Crippen LogP contribution in [0.2, 0.25) is 0 Å². The zero-order chi connectivity index (χ0) is 16.9. The Bertz CT molecular complexity index is 618. The van der Waals surface area contributed by atoms with Gasteiger partial charge in [0.25, 0.3) is 0 Å². The third kappa shape index (κ3) is 2.20. The van der Waals surface area contributed by atoms with Gasteiger partial charge in [0.2, 0.25) is 0 Å². The van der Waals surface area contributed by atoms with Gasteiger partial charge >= 0.3 is 0 Å². The minimum Gasteiger partial charge on any atom is -0.134 e. The van der Waals surface area contributed by atoms with Crippen molar-refractivity contribution in [2.75, 3.05) is 0 Å². The normalized spacial score (nSPS) is 19.4. The molecule has 1 aliphatic rings. The van der Waals surface area contributed by atoms with Crippen LogP contribution in [0.25, 0.3) is 0 Å². The first-order chi connectivity index (χ1) is 10.7. The van der Waals surface area contributed by atoms with Crippen LogP contribution in [0.3, 0.4) is 0 Å². The first-order valence-corrected chi connectivity index (χ1v) is 9.30. The summed E-state index contributed by atoms with van der Waals surface area (Å²) < 4.78 is 0.196. The van der Waals surface area contributed by atoms with Gasteiger partial charge in [-0.3, -0.25) is 0 Å². The quantitative estimate of drug-likeness (QED) is 0.567. The van der Waals surface area contributed by atoms with Gasteiger partial charge in [-0.15, -0.1) is 11.8 Å². The SMILES string of the molecule is CC(C)(C)C1(C(C)(C)C)SC1(c1ccccc1)c1ccccc1. The van der Waals surface area contributed by atoms with Crippen molar-refractivity contribution in [2.24, 2.45) is 10.8 Å². The zero-order valence-corrected chi connectivity index (χ0v) is 16.0. The number of hydrogen-bond acceptors (Lipinski definition) is 1. The Morgan fingerprint density at radius 3 is 1.22 bits per heavy atom. The summed E-state index contributed by atoms with van der Waals surface area (Å²) in [6, 6.07) is 22.2. The zero-order valence-electron chi connectivity index (χ0n) is 15.2. The van der Waals surface area contributed by atoms with Crippen molar-refractivity contribution in [1.29, 1.82) is 0 Å². The largest absolute Gasteiger partial charge is 0.134 e. The molecule has 1 heteroatoms. The molecule has 0 bridgehead atoms. The van der Waals surface area contributed by atoms with E-state index in [0.717, 1.165) is 0 Å². The Kier molecular flexibility index (Phi) is 3.72. The number of thioether (sulfide) groups is 1. The van der Waals surface area contributed by atoms with Crippen molar-refractivity contribution in [3.63, 3.8) is 0 Å². The van der Waals surface area contributed by atoms with E-state index in [1.54, 1.807) is 0 Å². The van der Waals surface area contributed by atoms with Crippen LogP contribution < -0.4 is 0 Å². The molecule has 1 heterocycles. The van der Waals surface area contributed by atoms with E-state index in [0.29, 0.717) is 0 Å². The molecular formula is C22H28S. The molecule has 0 aliphatic carbocycles. The number of rotatable bonds is 2. The molecule has 1 fully saturated rings. The highest BCUT2D eigenvalue weighted by Crippen LogP contribution is 2.83. The molecule has 1 aliphatic heterocycles. The van der Waals surface area contributed by atoms with E-state index < -0.39 is 0 Å².